The SMILES string of the molecule is CCCNC(=O)CN(CCCN)C(C)C. The van der Waals surface area contributed by atoms with Crippen LogP contribution in [0.3, 0.4) is 0 Å². The monoisotopic (exact) mass is 215 g/mol. The summed E-state index contributed by atoms with van der Waals surface area (Å²) in [5.41, 5.74) is 5.46. The molecule has 0 aromatic heterocycles. The quantitative estimate of drug-likeness (QED) is 0.622. The maximum absolute atomic E-state index is 11.5. The van der Waals surface area contributed by atoms with E-state index >= 15 is 0 Å². The van der Waals surface area contributed by atoms with E-state index in [9.17, 15) is 4.79 Å². The van der Waals surface area contributed by atoms with E-state index in [1.807, 2.05) is 0 Å². The molecule has 0 saturated heterocycles. The molecule has 4 nitrogen and oxygen atoms in total. The van der Waals surface area contributed by atoms with Gasteiger partial charge < -0.3 is 11.1 Å². The van der Waals surface area contributed by atoms with Crippen LogP contribution in [-0.2, 0) is 4.79 Å². The Morgan fingerprint density at radius 1 is 1.47 bits per heavy atom. The summed E-state index contributed by atoms with van der Waals surface area (Å²) < 4.78 is 0. The van der Waals surface area contributed by atoms with Gasteiger partial charge in [-0.15, -0.1) is 0 Å². The van der Waals surface area contributed by atoms with Gasteiger partial charge in [-0.3, -0.25) is 9.69 Å². The summed E-state index contributed by atoms with van der Waals surface area (Å²) in [6, 6.07) is 0.393. The molecule has 0 fully saturated rings. The number of rotatable bonds is 8. The second kappa shape index (κ2) is 8.68. The van der Waals surface area contributed by atoms with Crippen LogP contribution in [0.15, 0.2) is 0 Å². The van der Waals surface area contributed by atoms with E-state index in [1.54, 1.807) is 0 Å². The summed E-state index contributed by atoms with van der Waals surface area (Å²) >= 11 is 0. The van der Waals surface area contributed by atoms with E-state index < -0.39 is 0 Å². The standard InChI is InChI=1S/C11H25N3O/c1-4-7-13-11(15)9-14(10(2)3)8-5-6-12/h10H,4-9,12H2,1-3H3,(H,13,15). The van der Waals surface area contributed by atoms with Crippen molar-refractivity contribution in [1.29, 1.82) is 0 Å². The van der Waals surface area contributed by atoms with Gasteiger partial charge in [-0.25, -0.2) is 0 Å². The van der Waals surface area contributed by atoms with Gasteiger partial charge in [-0.1, -0.05) is 6.92 Å². The van der Waals surface area contributed by atoms with Gasteiger partial charge in [0.1, 0.15) is 0 Å². The van der Waals surface area contributed by atoms with Gasteiger partial charge in [0.2, 0.25) is 5.91 Å². The summed E-state index contributed by atoms with van der Waals surface area (Å²) in [6.07, 6.45) is 1.93. The van der Waals surface area contributed by atoms with Crippen LogP contribution in [0.25, 0.3) is 0 Å². The van der Waals surface area contributed by atoms with Crippen LogP contribution >= 0.6 is 0 Å². The minimum atomic E-state index is 0.113. The van der Waals surface area contributed by atoms with Gasteiger partial charge in [-0.05, 0) is 33.2 Å². The molecule has 0 aliphatic heterocycles. The molecule has 0 bridgehead atoms. The molecule has 1 amide bonds. The third kappa shape index (κ3) is 7.33. The lowest BCUT2D eigenvalue weighted by atomic mass is 10.2. The van der Waals surface area contributed by atoms with Crippen LogP contribution in [0.4, 0.5) is 0 Å². The molecule has 0 heterocycles. The molecule has 4 heteroatoms. The smallest absolute Gasteiger partial charge is 0.234 e. The van der Waals surface area contributed by atoms with Crippen molar-refractivity contribution in [3.63, 3.8) is 0 Å². The maximum Gasteiger partial charge on any atom is 0.234 e. The number of carbonyl (C=O) groups excluding carboxylic acids is 1. The van der Waals surface area contributed by atoms with Crippen LogP contribution in [0.2, 0.25) is 0 Å². The highest BCUT2D eigenvalue weighted by molar-refractivity contribution is 5.77. The first-order chi connectivity index (χ1) is 7.11. The van der Waals surface area contributed by atoms with Crippen molar-refractivity contribution in [2.45, 2.75) is 39.7 Å². The normalized spacial score (nSPS) is 11.1. The van der Waals surface area contributed by atoms with Crippen LogP contribution in [0.5, 0.6) is 0 Å². The number of nitrogens with two attached hydrogens (primary N) is 1. The largest absolute Gasteiger partial charge is 0.355 e. The molecule has 0 atom stereocenters. The predicted octanol–water partition coefficient (Wildman–Crippen LogP) is 0.572. The van der Waals surface area contributed by atoms with Crippen molar-refractivity contribution in [3.05, 3.63) is 0 Å². The highest BCUT2D eigenvalue weighted by Crippen LogP contribution is 1.98. The lowest BCUT2D eigenvalue weighted by Gasteiger charge is -2.25. The van der Waals surface area contributed by atoms with Crippen molar-refractivity contribution in [3.8, 4) is 0 Å². The van der Waals surface area contributed by atoms with E-state index in [0.717, 1.165) is 25.9 Å². The Hall–Kier alpha value is -0.610. The third-order valence-electron chi connectivity index (χ3n) is 2.30. The van der Waals surface area contributed by atoms with Gasteiger partial charge in [0.15, 0.2) is 0 Å². The van der Waals surface area contributed by atoms with Crippen molar-refractivity contribution in [2.24, 2.45) is 5.73 Å². The van der Waals surface area contributed by atoms with Crippen molar-refractivity contribution < 1.29 is 4.79 Å². The number of carbonyl (C=O) groups is 1. The first kappa shape index (κ1) is 14.4. The fourth-order valence-corrected chi connectivity index (χ4v) is 1.32. The Kier molecular flexibility index (Phi) is 8.33. The first-order valence-corrected chi connectivity index (χ1v) is 5.82. The van der Waals surface area contributed by atoms with Gasteiger partial charge in [0.25, 0.3) is 0 Å². The Morgan fingerprint density at radius 3 is 2.60 bits per heavy atom. The number of nitrogens with zero attached hydrogens (tertiary/aromatic N) is 1. The van der Waals surface area contributed by atoms with E-state index in [2.05, 4.69) is 31.0 Å². The molecule has 0 aliphatic rings. The fourth-order valence-electron chi connectivity index (χ4n) is 1.32. The minimum absolute atomic E-state index is 0.113. The molecule has 0 aromatic carbocycles. The molecule has 0 radical (unpaired) electrons. The average molecular weight is 215 g/mol. The number of amides is 1. The minimum Gasteiger partial charge on any atom is -0.355 e. The zero-order valence-corrected chi connectivity index (χ0v) is 10.3. The molecule has 90 valence electrons. The first-order valence-electron chi connectivity index (χ1n) is 5.82. The topological polar surface area (TPSA) is 58.4 Å². The molecular formula is C11H25N3O. The Balaban J connectivity index is 3.87. The van der Waals surface area contributed by atoms with Crippen molar-refractivity contribution in [1.82, 2.24) is 10.2 Å². The van der Waals surface area contributed by atoms with Gasteiger partial charge in [-0.2, -0.15) is 0 Å². The summed E-state index contributed by atoms with van der Waals surface area (Å²) in [4.78, 5) is 13.6. The molecule has 0 rings (SSSR count). The molecule has 0 aliphatic carbocycles. The summed E-state index contributed by atoms with van der Waals surface area (Å²) in [5.74, 6) is 0.113. The average Bonchev–Trinajstić information content (AvgIpc) is 2.20. The van der Waals surface area contributed by atoms with Gasteiger partial charge >= 0.3 is 0 Å². The van der Waals surface area contributed by atoms with Crippen LogP contribution < -0.4 is 11.1 Å². The van der Waals surface area contributed by atoms with Crippen molar-refractivity contribution in [2.75, 3.05) is 26.2 Å². The second-order valence-corrected chi connectivity index (χ2v) is 4.06. The van der Waals surface area contributed by atoms with E-state index in [1.165, 1.54) is 0 Å². The molecule has 0 spiro atoms. The summed E-state index contributed by atoms with van der Waals surface area (Å²) in [7, 11) is 0. The number of hydrogen-bond acceptors (Lipinski definition) is 3. The van der Waals surface area contributed by atoms with E-state index in [4.69, 9.17) is 5.73 Å². The lowest BCUT2D eigenvalue weighted by molar-refractivity contribution is -0.122. The highest BCUT2D eigenvalue weighted by atomic mass is 16.2. The maximum atomic E-state index is 11.5. The molecule has 3 N–H and O–H groups in total. The van der Waals surface area contributed by atoms with Gasteiger partial charge in [0, 0.05) is 19.1 Å². The molecule has 15 heavy (non-hydrogen) atoms. The van der Waals surface area contributed by atoms with Crippen molar-refractivity contribution >= 4 is 5.91 Å². The predicted molar refractivity (Wildman–Crippen MR) is 63.7 cm³/mol. The zero-order chi connectivity index (χ0) is 11.7. The van der Waals surface area contributed by atoms with E-state index in [0.29, 0.717) is 19.1 Å². The zero-order valence-electron chi connectivity index (χ0n) is 10.3. The molecular weight excluding hydrogens is 190 g/mol. The molecule has 0 aromatic rings. The van der Waals surface area contributed by atoms with Crippen LogP contribution in [-0.4, -0.2) is 43.0 Å². The Morgan fingerprint density at radius 2 is 2.13 bits per heavy atom. The van der Waals surface area contributed by atoms with Crippen LogP contribution in [0, 0.1) is 0 Å². The summed E-state index contributed by atoms with van der Waals surface area (Å²) in [6.45, 7) is 9.08. The Bertz CT molecular complexity index is 171. The summed E-state index contributed by atoms with van der Waals surface area (Å²) in [5, 5.41) is 2.88. The fraction of sp³-hybridized carbons (Fsp3) is 0.909. The third-order valence-corrected chi connectivity index (χ3v) is 2.30. The van der Waals surface area contributed by atoms with E-state index in [-0.39, 0.29) is 5.91 Å². The Labute approximate surface area is 93.2 Å². The number of hydrogen-bond donors (Lipinski definition) is 2. The highest BCUT2D eigenvalue weighted by Gasteiger charge is 2.12. The van der Waals surface area contributed by atoms with Gasteiger partial charge in [0.05, 0.1) is 6.54 Å². The molecule has 0 unspecified atom stereocenters. The number of nitrogens with one attached hydrogen (secondary N) is 1. The van der Waals surface area contributed by atoms with Crippen LogP contribution in [0.1, 0.15) is 33.6 Å². The second-order valence-electron chi connectivity index (χ2n) is 4.06. The molecule has 0 saturated carbocycles. The lowest BCUT2D eigenvalue weighted by Crippen LogP contribution is -2.41.